The van der Waals surface area contributed by atoms with Gasteiger partial charge < -0.3 is 0 Å². The Labute approximate surface area is 72.2 Å². The zero-order valence-electron chi connectivity index (χ0n) is 7.08. The summed E-state index contributed by atoms with van der Waals surface area (Å²) in [5.41, 5.74) is 0. The van der Waals surface area contributed by atoms with Gasteiger partial charge in [-0.1, -0.05) is 6.92 Å². The molecular formula is C8H14N2S. The molecule has 0 N–H and O–H groups in total. The first-order valence-electron chi connectivity index (χ1n) is 3.98. The highest BCUT2D eigenvalue weighted by Crippen LogP contribution is 2.17. The van der Waals surface area contributed by atoms with E-state index < -0.39 is 0 Å². The molecule has 0 aliphatic carbocycles. The van der Waals surface area contributed by atoms with Crippen molar-refractivity contribution in [2.75, 3.05) is 12.3 Å². The van der Waals surface area contributed by atoms with Crippen molar-refractivity contribution >= 4 is 23.0 Å². The van der Waals surface area contributed by atoms with Gasteiger partial charge in [0.05, 0.1) is 17.6 Å². The number of thioether (sulfide) groups is 1. The third-order valence-electron chi connectivity index (χ3n) is 1.48. The molecular weight excluding hydrogens is 156 g/mol. The lowest BCUT2D eigenvalue weighted by molar-refractivity contribution is 0.778. The average molecular weight is 170 g/mol. The first kappa shape index (κ1) is 8.78. The summed E-state index contributed by atoms with van der Waals surface area (Å²) < 4.78 is 0. The average Bonchev–Trinajstić information content (AvgIpc) is 2.37. The Balaban J connectivity index is 2.23. The van der Waals surface area contributed by atoms with Crippen LogP contribution < -0.4 is 0 Å². The minimum atomic E-state index is 0.447. The van der Waals surface area contributed by atoms with Gasteiger partial charge in [-0.2, -0.15) is 0 Å². The van der Waals surface area contributed by atoms with Crippen molar-refractivity contribution in [3.8, 4) is 0 Å². The molecule has 0 radical (unpaired) electrons. The van der Waals surface area contributed by atoms with E-state index in [1.54, 1.807) is 0 Å². The van der Waals surface area contributed by atoms with Crippen molar-refractivity contribution < 1.29 is 0 Å². The summed E-state index contributed by atoms with van der Waals surface area (Å²) >= 11 is 1.84. The van der Waals surface area contributed by atoms with Crippen molar-refractivity contribution in [3.05, 3.63) is 0 Å². The van der Waals surface area contributed by atoms with E-state index in [1.165, 1.54) is 5.04 Å². The van der Waals surface area contributed by atoms with Gasteiger partial charge in [-0.05, 0) is 19.6 Å². The first-order valence-corrected chi connectivity index (χ1v) is 4.97. The van der Waals surface area contributed by atoms with Crippen LogP contribution in [0.15, 0.2) is 9.98 Å². The Kier molecular flexibility index (Phi) is 3.63. The van der Waals surface area contributed by atoms with Gasteiger partial charge in [0.1, 0.15) is 0 Å². The Hall–Kier alpha value is -0.310. The Bertz CT molecular complexity index is 175. The quantitative estimate of drug-likeness (QED) is 0.595. The molecule has 1 atom stereocenters. The lowest BCUT2D eigenvalue weighted by atomic mass is 10.3. The highest BCUT2D eigenvalue weighted by molar-refractivity contribution is 8.14. The monoisotopic (exact) mass is 170 g/mol. The molecule has 0 saturated heterocycles. The van der Waals surface area contributed by atoms with Crippen LogP contribution in [0.25, 0.3) is 0 Å². The van der Waals surface area contributed by atoms with Crippen molar-refractivity contribution in [2.45, 2.75) is 26.3 Å². The van der Waals surface area contributed by atoms with E-state index in [9.17, 15) is 0 Å². The van der Waals surface area contributed by atoms with Crippen LogP contribution in [0.4, 0.5) is 0 Å². The highest BCUT2D eigenvalue weighted by Gasteiger charge is 2.13. The van der Waals surface area contributed by atoms with Gasteiger partial charge in [0.2, 0.25) is 0 Å². The van der Waals surface area contributed by atoms with E-state index in [0.29, 0.717) is 6.04 Å². The number of hydrogen-bond acceptors (Lipinski definition) is 3. The van der Waals surface area contributed by atoms with Crippen LogP contribution in [0.2, 0.25) is 0 Å². The highest BCUT2D eigenvalue weighted by atomic mass is 32.2. The number of nitrogens with zero attached hydrogens (tertiary/aromatic N) is 2. The van der Waals surface area contributed by atoms with Gasteiger partial charge in [0.15, 0.2) is 0 Å². The van der Waals surface area contributed by atoms with Crippen molar-refractivity contribution in [1.82, 2.24) is 0 Å². The minimum Gasteiger partial charge on any atom is -0.295 e. The molecule has 11 heavy (non-hydrogen) atoms. The molecule has 2 nitrogen and oxygen atoms in total. The zero-order chi connectivity index (χ0) is 8.10. The summed E-state index contributed by atoms with van der Waals surface area (Å²) in [5, 5.41) is 1.21. The minimum absolute atomic E-state index is 0.447. The summed E-state index contributed by atoms with van der Waals surface area (Å²) in [7, 11) is 0. The molecule has 0 amide bonds. The lowest BCUT2D eigenvalue weighted by Gasteiger charge is -1.98. The predicted molar refractivity (Wildman–Crippen MR) is 53.0 cm³/mol. The normalized spacial score (nSPS) is 24.5. The largest absolute Gasteiger partial charge is 0.295 e. The molecule has 0 aromatic carbocycles. The van der Waals surface area contributed by atoms with Gasteiger partial charge >= 0.3 is 0 Å². The summed E-state index contributed by atoms with van der Waals surface area (Å²) in [4.78, 5) is 8.69. The summed E-state index contributed by atoms with van der Waals surface area (Å²) in [5.74, 6) is 1.12. The molecule has 1 aliphatic heterocycles. The first-order chi connectivity index (χ1) is 5.33. The van der Waals surface area contributed by atoms with E-state index in [-0.39, 0.29) is 0 Å². The molecule has 0 bridgehead atoms. The van der Waals surface area contributed by atoms with E-state index >= 15 is 0 Å². The van der Waals surface area contributed by atoms with Crippen LogP contribution in [-0.2, 0) is 0 Å². The molecule has 0 aromatic rings. The second-order valence-electron chi connectivity index (χ2n) is 2.57. The van der Waals surface area contributed by atoms with Crippen LogP contribution in [0.3, 0.4) is 0 Å². The van der Waals surface area contributed by atoms with Crippen LogP contribution in [0.5, 0.6) is 0 Å². The zero-order valence-corrected chi connectivity index (χ0v) is 7.90. The fourth-order valence-corrected chi connectivity index (χ4v) is 1.80. The molecule has 0 fully saturated rings. The van der Waals surface area contributed by atoms with Crippen molar-refractivity contribution in [2.24, 2.45) is 9.98 Å². The van der Waals surface area contributed by atoms with E-state index in [4.69, 9.17) is 0 Å². The maximum Gasteiger partial charge on any atom is 0.0797 e. The van der Waals surface area contributed by atoms with Gasteiger partial charge in [-0.3, -0.25) is 9.98 Å². The van der Waals surface area contributed by atoms with Gasteiger partial charge in [-0.15, -0.1) is 11.8 Å². The lowest BCUT2D eigenvalue weighted by Crippen LogP contribution is -2.07. The Morgan fingerprint density at radius 1 is 1.82 bits per heavy atom. The third-order valence-corrected chi connectivity index (χ3v) is 2.55. The molecule has 1 unspecified atom stereocenters. The second kappa shape index (κ2) is 4.54. The molecule has 62 valence electrons. The van der Waals surface area contributed by atoms with Crippen LogP contribution in [0.1, 0.15) is 20.3 Å². The topological polar surface area (TPSA) is 24.7 Å². The maximum atomic E-state index is 4.43. The molecule has 0 saturated carbocycles. The number of aliphatic imine (C=N–C) groups is 2. The van der Waals surface area contributed by atoms with Crippen LogP contribution in [-0.4, -0.2) is 29.6 Å². The van der Waals surface area contributed by atoms with Gasteiger partial charge in [0, 0.05) is 5.75 Å². The summed E-state index contributed by atoms with van der Waals surface area (Å²) in [6.07, 6.45) is 3.00. The molecule has 1 aliphatic rings. The fraction of sp³-hybridized carbons (Fsp3) is 0.750. The molecule has 0 aromatic heterocycles. The summed E-state index contributed by atoms with van der Waals surface area (Å²) in [6.45, 7) is 5.04. The standard InChI is InChI=1S/C8H14N2S/c1-3-4-9-5-8-6-11-7(2)10-8/h4,8H,3,5-6H2,1-2H3. The van der Waals surface area contributed by atoms with E-state index in [1.807, 2.05) is 18.0 Å². The number of rotatable bonds is 3. The molecule has 3 heteroatoms. The number of hydrogen-bond donors (Lipinski definition) is 0. The predicted octanol–water partition coefficient (Wildman–Crippen LogP) is 2.00. The van der Waals surface area contributed by atoms with Gasteiger partial charge in [0.25, 0.3) is 0 Å². The summed E-state index contributed by atoms with van der Waals surface area (Å²) in [6, 6.07) is 0.447. The molecule has 0 spiro atoms. The van der Waals surface area contributed by atoms with E-state index in [0.717, 1.165) is 18.7 Å². The van der Waals surface area contributed by atoms with E-state index in [2.05, 4.69) is 23.8 Å². The maximum absolute atomic E-state index is 4.43. The van der Waals surface area contributed by atoms with Crippen molar-refractivity contribution in [3.63, 3.8) is 0 Å². The molecule has 1 rings (SSSR count). The van der Waals surface area contributed by atoms with Crippen molar-refractivity contribution in [1.29, 1.82) is 0 Å². The second-order valence-corrected chi connectivity index (χ2v) is 3.78. The van der Waals surface area contributed by atoms with Crippen LogP contribution >= 0.6 is 11.8 Å². The Morgan fingerprint density at radius 3 is 3.18 bits per heavy atom. The molecule has 1 heterocycles. The smallest absolute Gasteiger partial charge is 0.0797 e. The van der Waals surface area contributed by atoms with Gasteiger partial charge in [-0.25, -0.2) is 0 Å². The fourth-order valence-electron chi connectivity index (χ4n) is 0.967. The third kappa shape index (κ3) is 3.06. The SMILES string of the molecule is CCC=NCC1CSC(C)=N1. The van der Waals surface area contributed by atoms with Crippen LogP contribution in [0, 0.1) is 0 Å². The Morgan fingerprint density at radius 2 is 2.64 bits per heavy atom.